The van der Waals surface area contributed by atoms with Crippen molar-refractivity contribution in [2.75, 3.05) is 5.32 Å². The Labute approximate surface area is 269 Å². The van der Waals surface area contributed by atoms with E-state index in [1.54, 1.807) is 12.1 Å². The average molecular weight is 614 g/mol. The van der Waals surface area contributed by atoms with Gasteiger partial charge in [-0.3, -0.25) is 19.7 Å². The molecule has 0 aromatic heterocycles. The molecule has 4 aromatic rings. The van der Waals surface area contributed by atoms with Crippen LogP contribution in [0.4, 0.5) is 11.4 Å². The molecule has 0 radical (unpaired) electrons. The molecule has 234 valence electrons. The van der Waals surface area contributed by atoms with Crippen LogP contribution in [-0.4, -0.2) is 22.8 Å². The number of nitrogens with zero attached hydrogens (tertiary/aromatic N) is 1. The highest BCUT2D eigenvalue weighted by atomic mass is 16.6. The van der Waals surface area contributed by atoms with Gasteiger partial charge in [0.15, 0.2) is 0 Å². The molecule has 0 aliphatic heterocycles. The van der Waals surface area contributed by atoms with Crippen molar-refractivity contribution in [3.05, 3.63) is 142 Å². The molecule has 2 N–H and O–H groups in total. The molecular formula is C39H39N3O4. The zero-order valence-corrected chi connectivity index (χ0v) is 25.8. The molecule has 0 spiro atoms. The molecule has 0 heterocycles. The number of non-ortho nitro benzene ring substituents is 1. The fourth-order valence-electron chi connectivity index (χ4n) is 8.84. The Morgan fingerprint density at radius 3 is 1.74 bits per heavy atom. The summed E-state index contributed by atoms with van der Waals surface area (Å²) in [6.07, 6.45) is 8.19. The van der Waals surface area contributed by atoms with E-state index in [4.69, 9.17) is 0 Å². The second-order valence-electron chi connectivity index (χ2n) is 13.7. The first-order valence-corrected chi connectivity index (χ1v) is 16.4. The molecule has 46 heavy (non-hydrogen) atoms. The first-order valence-electron chi connectivity index (χ1n) is 16.4. The molecule has 2 amide bonds. The van der Waals surface area contributed by atoms with Crippen LogP contribution in [0.1, 0.15) is 66.7 Å². The lowest BCUT2D eigenvalue weighted by molar-refractivity contribution is -0.384. The van der Waals surface area contributed by atoms with Gasteiger partial charge in [-0.1, -0.05) is 84.9 Å². The van der Waals surface area contributed by atoms with E-state index < -0.39 is 16.9 Å². The van der Waals surface area contributed by atoms with E-state index in [2.05, 4.69) is 22.8 Å². The maximum Gasteiger partial charge on any atom is 0.269 e. The fourth-order valence-corrected chi connectivity index (χ4v) is 8.84. The van der Waals surface area contributed by atoms with E-state index in [1.165, 1.54) is 56.2 Å². The van der Waals surface area contributed by atoms with Gasteiger partial charge in [0.05, 0.1) is 10.8 Å². The summed E-state index contributed by atoms with van der Waals surface area (Å²) in [4.78, 5) is 38.7. The number of hydrogen-bond donors (Lipinski definition) is 2. The number of nitro benzene ring substituents is 1. The lowest BCUT2D eigenvalue weighted by atomic mass is 9.48. The number of nitro groups is 1. The van der Waals surface area contributed by atoms with Crippen molar-refractivity contribution in [2.24, 2.45) is 17.8 Å². The third-order valence-electron chi connectivity index (χ3n) is 10.6. The van der Waals surface area contributed by atoms with Crippen LogP contribution in [0.5, 0.6) is 0 Å². The molecule has 8 rings (SSSR count). The Kier molecular flexibility index (Phi) is 8.16. The maximum atomic E-state index is 14.0. The van der Waals surface area contributed by atoms with Crippen LogP contribution in [0.25, 0.3) is 0 Å². The number of rotatable bonds is 10. The highest BCUT2D eigenvalue weighted by molar-refractivity contribution is 5.99. The number of carbonyl (C=O) groups is 2. The van der Waals surface area contributed by atoms with Crippen LogP contribution in [0.2, 0.25) is 0 Å². The van der Waals surface area contributed by atoms with Crippen LogP contribution < -0.4 is 10.6 Å². The highest BCUT2D eigenvalue weighted by Gasteiger charge is 2.51. The maximum absolute atomic E-state index is 14.0. The van der Waals surface area contributed by atoms with Crippen LogP contribution in [0.3, 0.4) is 0 Å². The van der Waals surface area contributed by atoms with E-state index in [9.17, 15) is 19.7 Å². The molecule has 7 nitrogen and oxygen atoms in total. The van der Waals surface area contributed by atoms with Gasteiger partial charge >= 0.3 is 0 Å². The number of benzene rings is 4. The third kappa shape index (κ3) is 6.19. The Bertz CT molecular complexity index is 1630. The van der Waals surface area contributed by atoms with E-state index >= 15 is 0 Å². The average Bonchev–Trinajstić information content (AvgIpc) is 3.05. The van der Waals surface area contributed by atoms with Gasteiger partial charge in [0, 0.05) is 24.2 Å². The van der Waals surface area contributed by atoms with Crippen LogP contribution in [0, 0.1) is 27.9 Å². The molecule has 7 heteroatoms. The second kappa shape index (κ2) is 12.5. The van der Waals surface area contributed by atoms with Crippen LogP contribution in [0.15, 0.2) is 109 Å². The standard InChI is InChI=1S/C39H39N3O4/c43-37(40-33-15-13-32(14-16-33)39-23-27-19-28(24-39)21-29(20-27)25-39)35(22-26-11-17-34(18-12-26)42(45)46)41-38(44)36(30-7-3-1-4-8-30)31-9-5-2-6-10-31/h1-18,27-29,35-36H,19-25H2,(H,40,43)(H,41,44)/t27?,28?,29?,35-,39?/m0/s1. The minimum Gasteiger partial charge on any atom is -0.343 e. The minimum atomic E-state index is -0.910. The Balaban J connectivity index is 1.12. The molecule has 4 aliphatic carbocycles. The van der Waals surface area contributed by atoms with Crippen molar-refractivity contribution < 1.29 is 14.5 Å². The van der Waals surface area contributed by atoms with Gasteiger partial charge in [-0.15, -0.1) is 0 Å². The summed E-state index contributed by atoms with van der Waals surface area (Å²) >= 11 is 0. The Morgan fingerprint density at radius 1 is 0.717 bits per heavy atom. The van der Waals surface area contributed by atoms with E-state index in [0.29, 0.717) is 11.3 Å². The molecule has 4 fully saturated rings. The summed E-state index contributed by atoms with van der Waals surface area (Å²) in [7, 11) is 0. The Morgan fingerprint density at radius 2 is 1.24 bits per heavy atom. The minimum absolute atomic E-state index is 0.0267. The summed E-state index contributed by atoms with van der Waals surface area (Å²) < 4.78 is 0. The number of nitrogens with one attached hydrogen (secondary N) is 2. The smallest absolute Gasteiger partial charge is 0.269 e. The Hall–Kier alpha value is -4.78. The summed E-state index contributed by atoms with van der Waals surface area (Å²) in [6, 6.07) is 32.6. The number of anilines is 1. The zero-order valence-electron chi connectivity index (χ0n) is 25.8. The SMILES string of the molecule is O=C(N[C@@H](Cc1ccc([N+](=O)[O-])cc1)C(=O)Nc1ccc(C23CC4CC(CC(C4)C2)C3)cc1)C(c1ccccc1)c1ccccc1. The van der Waals surface area contributed by atoms with Crippen molar-refractivity contribution in [1.82, 2.24) is 5.32 Å². The molecule has 4 aliphatic rings. The fraction of sp³-hybridized carbons (Fsp3) is 0.333. The van der Waals surface area contributed by atoms with Crippen LogP contribution in [-0.2, 0) is 21.4 Å². The first-order chi connectivity index (χ1) is 22.3. The highest BCUT2D eigenvalue weighted by Crippen LogP contribution is 2.60. The van der Waals surface area contributed by atoms with Gasteiger partial charge in [0.2, 0.25) is 11.8 Å². The molecule has 4 saturated carbocycles. The van der Waals surface area contributed by atoms with Crippen LogP contribution >= 0.6 is 0 Å². The predicted molar refractivity (Wildman–Crippen MR) is 178 cm³/mol. The van der Waals surface area contributed by atoms with Crippen molar-refractivity contribution >= 4 is 23.2 Å². The van der Waals surface area contributed by atoms with Crippen molar-refractivity contribution in [3.63, 3.8) is 0 Å². The van der Waals surface area contributed by atoms with Crippen molar-refractivity contribution in [3.8, 4) is 0 Å². The molecule has 0 unspecified atom stereocenters. The molecule has 0 saturated heterocycles. The van der Waals surface area contributed by atoms with E-state index in [1.807, 2.05) is 72.8 Å². The summed E-state index contributed by atoms with van der Waals surface area (Å²) in [5.74, 6) is 1.31. The molecule has 4 aromatic carbocycles. The summed E-state index contributed by atoms with van der Waals surface area (Å²) in [5.41, 5.74) is 4.66. The molecular weight excluding hydrogens is 574 g/mol. The first kappa shape index (κ1) is 29.9. The third-order valence-corrected chi connectivity index (χ3v) is 10.6. The summed E-state index contributed by atoms with van der Waals surface area (Å²) in [5, 5.41) is 17.3. The number of amides is 2. The predicted octanol–water partition coefficient (Wildman–Crippen LogP) is 7.56. The normalized spacial score (nSPS) is 23.5. The molecule has 4 bridgehead atoms. The van der Waals surface area contributed by atoms with Gasteiger partial charge in [-0.05, 0) is 96.1 Å². The zero-order chi connectivity index (χ0) is 31.7. The lowest BCUT2D eigenvalue weighted by Gasteiger charge is -2.57. The molecule has 1 atom stereocenters. The lowest BCUT2D eigenvalue weighted by Crippen LogP contribution is -2.48. The monoisotopic (exact) mass is 613 g/mol. The second-order valence-corrected chi connectivity index (χ2v) is 13.7. The largest absolute Gasteiger partial charge is 0.343 e. The van der Waals surface area contributed by atoms with Crippen molar-refractivity contribution in [1.29, 1.82) is 0 Å². The van der Waals surface area contributed by atoms with Gasteiger partial charge in [0.25, 0.3) is 5.69 Å². The number of hydrogen-bond acceptors (Lipinski definition) is 4. The van der Waals surface area contributed by atoms with Crippen molar-refractivity contribution in [2.45, 2.75) is 62.3 Å². The van der Waals surface area contributed by atoms with Gasteiger partial charge in [0.1, 0.15) is 6.04 Å². The van der Waals surface area contributed by atoms with E-state index in [-0.39, 0.29) is 29.3 Å². The quantitative estimate of drug-likeness (QED) is 0.142. The van der Waals surface area contributed by atoms with Gasteiger partial charge < -0.3 is 10.6 Å². The topological polar surface area (TPSA) is 101 Å². The summed E-state index contributed by atoms with van der Waals surface area (Å²) in [6.45, 7) is 0. The van der Waals surface area contributed by atoms with E-state index in [0.717, 1.165) is 28.9 Å². The van der Waals surface area contributed by atoms with Gasteiger partial charge in [-0.2, -0.15) is 0 Å². The number of carbonyl (C=O) groups excluding carboxylic acids is 2. The van der Waals surface area contributed by atoms with Gasteiger partial charge in [-0.25, -0.2) is 0 Å².